The van der Waals surface area contributed by atoms with E-state index < -0.39 is 11.5 Å². The molecule has 2 aromatic heterocycles. The van der Waals surface area contributed by atoms with E-state index in [4.69, 9.17) is 23.2 Å². The molecule has 0 bridgehead atoms. The number of piperidine rings is 1. The molecule has 152 valence electrons. The van der Waals surface area contributed by atoms with Crippen molar-refractivity contribution >= 4 is 56.7 Å². The van der Waals surface area contributed by atoms with E-state index in [0.29, 0.717) is 41.9 Å². The Morgan fingerprint density at radius 3 is 2.93 bits per heavy atom. The van der Waals surface area contributed by atoms with Gasteiger partial charge in [0, 0.05) is 30.7 Å². The summed E-state index contributed by atoms with van der Waals surface area (Å²) in [6.07, 6.45) is 2.71. The van der Waals surface area contributed by atoms with Gasteiger partial charge in [-0.1, -0.05) is 29.3 Å². The highest BCUT2D eigenvalue weighted by molar-refractivity contribution is 7.16. The van der Waals surface area contributed by atoms with Gasteiger partial charge >= 0.3 is 5.97 Å². The molecule has 0 spiro atoms. The van der Waals surface area contributed by atoms with Gasteiger partial charge in [0.2, 0.25) is 5.95 Å². The summed E-state index contributed by atoms with van der Waals surface area (Å²) in [6.45, 7) is 2.96. The average molecular weight is 451 g/mol. The lowest BCUT2D eigenvalue weighted by atomic mass is 9.83. The maximum absolute atomic E-state index is 12.2. The van der Waals surface area contributed by atoms with Crippen LogP contribution in [-0.4, -0.2) is 39.2 Å². The minimum atomic E-state index is -1.02. The number of thiophene rings is 1. The van der Waals surface area contributed by atoms with E-state index >= 15 is 0 Å². The number of fused-ring (bicyclic) bond motifs is 1. The second-order valence-corrected chi connectivity index (χ2v) is 9.05. The predicted octanol–water partition coefficient (Wildman–Crippen LogP) is 4.60. The molecule has 1 fully saturated rings. The Morgan fingerprint density at radius 2 is 2.21 bits per heavy atom. The number of hydrogen-bond acceptors (Lipinski definition) is 6. The van der Waals surface area contributed by atoms with E-state index in [-0.39, 0.29) is 6.04 Å². The third kappa shape index (κ3) is 4.05. The van der Waals surface area contributed by atoms with E-state index in [2.05, 4.69) is 20.2 Å². The molecule has 2 atom stereocenters. The summed E-state index contributed by atoms with van der Waals surface area (Å²) < 4.78 is 0. The average Bonchev–Trinajstić information content (AvgIpc) is 3.16. The van der Waals surface area contributed by atoms with E-state index in [9.17, 15) is 9.90 Å². The van der Waals surface area contributed by atoms with Crippen molar-refractivity contribution in [3.63, 3.8) is 0 Å². The summed E-state index contributed by atoms with van der Waals surface area (Å²) in [5.41, 5.74) is -0.128. The maximum Gasteiger partial charge on any atom is 0.324 e. The van der Waals surface area contributed by atoms with Crippen molar-refractivity contribution in [2.75, 3.05) is 11.4 Å². The predicted molar refractivity (Wildman–Crippen MR) is 117 cm³/mol. The molecule has 0 saturated carbocycles. The lowest BCUT2D eigenvalue weighted by Crippen LogP contribution is -2.61. The number of anilines is 1. The fourth-order valence-corrected chi connectivity index (χ4v) is 4.84. The molecule has 0 amide bonds. The normalized spacial score (nSPS) is 22.2. The Labute approximate surface area is 182 Å². The first-order valence-electron chi connectivity index (χ1n) is 9.27. The SMILES string of the molecule is CC1CC(NCc2ccc(Cl)c(Cl)c2)(C(=O)O)CCN1c1ncc2ccsc2n1. The van der Waals surface area contributed by atoms with Crippen LogP contribution in [0.1, 0.15) is 25.3 Å². The van der Waals surface area contributed by atoms with Crippen molar-refractivity contribution in [1.82, 2.24) is 15.3 Å². The van der Waals surface area contributed by atoms with Crippen LogP contribution in [0.3, 0.4) is 0 Å². The first kappa shape index (κ1) is 20.3. The Hall–Kier alpha value is -1.93. The second-order valence-electron chi connectivity index (χ2n) is 7.34. The zero-order valence-electron chi connectivity index (χ0n) is 15.7. The Balaban J connectivity index is 1.50. The molecular formula is C20H20Cl2N4O2S. The van der Waals surface area contributed by atoms with Crippen LogP contribution in [0.5, 0.6) is 0 Å². The molecule has 1 aliphatic heterocycles. The van der Waals surface area contributed by atoms with Gasteiger partial charge in [-0.25, -0.2) is 9.97 Å². The zero-order valence-corrected chi connectivity index (χ0v) is 18.1. The highest BCUT2D eigenvalue weighted by Gasteiger charge is 2.44. The number of carboxylic acids is 1. The number of aliphatic carboxylic acids is 1. The number of carbonyl (C=O) groups is 1. The quantitative estimate of drug-likeness (QED) is 0.591. The van der Waals surface area contributed by atoms with Crippen molar-refractivity contribution in [3.05, 3.63) is 51.5 Å². The van der Waals surface area contributed by atoms with Gasteiger partial charge < -0.3 is 10.0 Å². The van der Waals surface area contributed by atoms with Gasteiger partial charge in [0.25, 0.3) is 0 Å². The van der Waals surface area contributed by atoms with Crippen molar-refractivity contribution < 1.29 is 9.90 Å². The highest BCUT2D eigenvalue weighted by Crippen LogP contribution is 2.31. The molecule has 1 aromatic carbocycles. The third-order valence-electron chi connectivity index (χ3n) is 5.43. The van der Waals surface area contributed by atoms with Crippen LogP contribution in [0.4, 0.5) is 5.95 Å². The lowest BCUT2D eigenvalue weighted by Gasteiger charge is -2.43. The summed E-state index contributed by atoms with van der Waals surface area (Å²) in [6, 6.07) is 7.29. The molecule has 2 unspecified atom stereocenters. The van der Waals surface area contributed by atoms with Gasteiger partial charge in [-0.3, -0.25) is 10.1 Å². The molecule has 3 aromatic rings. The van der Waals surface area contributed by atoms with Gasteiger partial charge in [0.15, 0.2) is 0 Å². The summed E-state index contributed by atoms with van der Waals surface area (Å²) in [5.74, 6) is -0.199. The maximum atomic E-state index is 12.2. The smallest absolute Gasteiger partial charge is 0.324 e. The van der Waals surface area contributed by atoms with Crippen molar-refractivity contribution in [1.29, 1.82) is 0 Å². The second kappa shape index (κ2) is 8.07. The van der Waals surface area contributed by atoms with Gasteiger partial charge in [-0.15, -0.1) is 11.3 Å². The molecule has 29 heavy (non-hydrogen) atoms. The Bertz CT molecular complexity index is 1060. The Kier molecular flexibility index (Phi) is 5.66. The standard InChI is InChI=1S/C20H20Cl2N4O2S/c1-12-9-20(18(27)28,24-10-13-2-3-15(21)16(22)8-13)5-6-26(12)19-23-11-14-4-7-29-17(14)25-19/h2-4,7-8,11-12,24H,5-6,9-10H2,1H3,(H,27,28). The van der Waals surface area contributed by atoms with Gasteiger partial charge in [0.1, 0.15) is 10.4 Å². The van der Waals surface area contributed by atoms with Crippen LogP contribution in [-0.2, 0) is 11.3 Å². The van der Waals surface area contributed by atoms with Crippen molar-refractivity contribution in [3.8, 4) is 0 Å². The molecular weight excluding hydrogens is 431 g/mol. The van der Waals surface area contributed by atoms with E-state index in [1.807, 2.05) is 30.6 Å². The number of hydrogen-bond donors (Lipinski definition) is 2. The number of carboxylic acid groups (broad SMARTS) is 1. The van der Waals surface area contributed by atoms with E-state index in [1.165, 1.54) is 0 Å². The minimum absolute atomic E-state index is 0.0291. The van der Waals surface area contributed by atoms with Gasteiger partial charge in [-0.2, -0.15) is 0 Å². The van der Waals surface area contributed by atoms with Crippen molar-refractivity contribution in [2.24, 2.45) is 0 Å². The number of halogens is 2. The zero-order chi connectivity index (χ0) is 20.6. The number of nitrogens with one attached hydrogen (secondary N) is 1. The highest BCUT2D eigenvalue weighted by atomic mass is 35.5. The lowest BCUT2D eigenvalue weighted by molar-refractivity contribution is -0.146. The van der Waals surface area contributed by atoms with E-state index in [1.54, 1.807) is 23.5 Å². The summed E-state index contributed by atoms with van der Waals surface area (Å²) in [4.78, 5) is 24.3. The fourth-order valence-electron chi connectivity index (χ4n) is 3.78. The molecule has 9 heteroatoms. The molecule has 4 rings (SSSR count). The number of aromatic nitrogens is 2. The van der Waals surface area contributed by atoms with Crippen molar-refractivity contribution in [2.45, 2.75) is 37.9 Å². The van der Waals surface area contributed by atoms with Crippen LogP contribution in [0, 0.1) is 0 Å². The molecule has 1 saturated heterocycles. The summed E-state index contributed by atoms with van der Waals surface area (Å²) in [5, 5.41) is 17.2. The van der Waals surface area contributed by atoms with E-state index in [0.717, 1.165) is 15.8 Å². The van der Waals surface area contributed by atoms with Gasteiger partial charge in [-0.05, 0) is 48.9 Å². The molecule has 3 heterocycles. The Morgan fingerprint density at radius 1 is 1.38 bits per heavy atom. The summed E-state index contributed by atoms with van der Waals surface area (Å²) >= 11 is 13.6. The molecule has 6 nitrogen and oxygen atoms in total. The van der Waals surface area contributed by atoms with Crippen LogP contribution < -0.4 is 10.2 Å². The van der Waals surface area contributed by atoms with Crippen LogP contribution in [0.15, 0.2) is 35.8 Å². The minimum Gasteiger partial charge on any atom is -0.480 e. The monoisotopic (exact) mass is 450 g/mol. The molecule has 0 aliphatic carbocycles. The number of benzene rings is 1. The first-order chi connectivity index (χ1) is 13.9. The van der Waals surface area contributed by atoms with Crippen LogP contribution in [0.25, 0.3) is 10.2 Å². The van der Waals surface area contributed by atoms with Crippen LogP contribution in [0.2, 0.25) is 10.0 Å². The molecule has 1 aliphatic rings. The topological polar surface area (TPSA) is 78.4 Å². The molecule has 2 N–H and O–H groups in total. The summed E-state index contributed by atoms with van der Waals surface area (Å²) in [7, 11) is 0. The van der Waals surface area contributed by atoms with Crippen LogP contribution >= 0.6 is 34.5 Å². The fraction of sp³-hybridized carbons (Fsp3) is 0.350. The largest absolute Gasteiger partial charge is 0.480 e. The first-order valence-corrected chi connectivity index (χ1v) is 10.9. The third-order valence-corrected chi connectivity index (χ3v) is 6.99. The van der Waals surface area contributed by atoms with Gasteiger partial charge in [0.05, 0.1) is 10.0 Å². The number of nitrogens with zero attached hydrogens (tertiary/aromatic N) is 3. The number of rotatable bonds is 5. The molecule has 0 radical (unpaired) electrons.